The SMILES string of the molecule is CC(C)(C)n1c(CO)nnc1Cc1c(F)cccc1F. The number of nitrogens with zero attached hydrogens (tertiary/aromatic N) is 3. The fourth-order valence-corrected chi connectivity index (χ4v) is 2.20. The zero-order chi connectivity index (χ0) is 14.9. The van der Waals surface area contributed by atoms with Gasteiger partial charge in [0.25, 0.3) is 0 Å². The zero-order valence-corrected chi connectivity index (χ0v) is 11.7. The van der Waals surface area contributed by atoms with Crippen LogP contribution >= 0.6 is 0 Å². The van der Waals surface area contributed by atoms with Gasteiger partial charge < -0.3 is 9.67 Å². The van der Waals surface area contributed by atoms with Crippen molar-refractivity contribution in [2.75, 3.05) is 0 Å². The number of hydrogen-bond donors (Lipinski definition) is 1. The van der Waals surface area contributed by atoms with Gasteiger partial charge in [-0.25, -0.2) is 8.78 Å². The summed E-state index contributed by atoms with van der Waals surface area (Å²) in [6.07, 6.45) is -0.0111. The van der Waals surface area contributed by atoms with E-state index in [2.05, 4.69) is 10.2 Å². The molecule has 0 saturated heterocycles. The second-order valence-corrected chi connectivity index (χ2v) is 5.57. The molecule has 0 spiro atoms. The molecule has 0 radical (unpaired) electrons. The Balaban J connectivity index is 2.47. The van der Waals surface area contributed by atoms with Crippen molar-refractivity contribution in [2.45, 2.75) is 39.3 Å². The van der Waals surface area contributed by atoms with Crippen molar-refractivity contribution < 1.29 is 13.9 Å². The molecule has 0 aliphatic rings. The summed E-state index contributed by atoms with van der Waals surface area (Å²) >= 11 is 0. The molecule has 2 aromatic rings. The summed E-state index contributed by atoms with van der Waals surface area (Å²) in [7, 11) is 0. The van der Waals surface area contributed by atoms with E-state index >= 15 is 0 Å². The van der Waals surface area contributed by atoms with Gasteiger partial charge in [0.15, 0.2) is 5.82 Å². The van der Waals surface area contributed by atoms with E-state index in [-0.39, 0.29) is 18.6 Å². The molecule has 1 aromatic heterocycles. The standard InChI is InChI=1S/C14H17F2N3O/c1-14(2,3)19-12(17-18-13(19)8-20)7-9-10(15)5-4-6-11(9)16/h4-6,20H,7-8H2,1-3H3. The van der Waals surface area contributed by atoms with Crippen LogP contribution in [0.1, 0.15) is 38.0 Å². The first-order chi connectivity index (χ1) is 9.34. The fourth-order valence-electron chi connectivity index (χ4n) is 2.20. The molecule has 4 nitrogen and oxygen atoms in total. The van der Waals surface area contributed by atoms with Gasteiger partial charge in [-0.3, -0.25) is 0 Å². The molecule has 0 aliphatic heterocycles. The van der Waals surface area contributed by atoms with Crippen LogP contribution in [0.25, 0.3) is 0 Å². The number of aliphatic hydroxyl groups excluding tert-OH is 1. The summed E-state index contributed by atoms with van der Waals surface area (Å²) < 4.78 is 29.1. The zero-order valence-electron chi connectivity index (χ0n) is 11.7. The van der Waals surface area contributed by atoms with Crippen molar-refractivity contribution in [2.24, 2.45) is 0 Å². The second kappa shape index (κ2) is 5.28. The Kier molecular flexibility index (Phi) is 3.85. The number of halogens is 2. The molecule has 20 heavy (non-hydrogen) atoms. The molecule has 2 rings (SSSR count). The first-order valence-corrected chi connectivity index (χ1v) is 6.32. The van der Waals surface area contributed by atoms with Crippen molar-refractivity contribution >= 4 is 0 Å². The lowest BCUT2D eigenvalue weighted by molar-refractivity contribution is 0.248. The lowest BCUT2D eigenvalue weighted by atomic mass is 10.1. The van der Waals surface area contributed by atoms with Crippen LogP contribution in [0.2, 0.25) is 0 Å². The molecule has 0 saturated carbocycles. The Bertz CT molecular complexity index is 597. The van der Waals surface area contributed by atoms with Crippen molar-refractivity contribution in [1.82, 2.24) is 14.8 Å². The monoisotopic (exact) mass is 281 g/mol. The quantitative estimate of drug-likeness (QED) is 0.940. The molecule has 108 valence electrons. The number of rotatable bonds is 3. The maximum Gasteiger partial charge on any atom is 0.159 e. The number of hydrogen-bond acceptors (Lipinski definition) is 3. The molecular weight excluding hydrogens is 264 g/mol. The smallest absolute Gasteiger partial charge is 0.159 e. The van der Waals surface area contributed by atoms with Gasteiger partial charge in [-0.15, -0.1) is 10.2 Å². The van der Waals surface area contributed by atoms with Crippen LogP contribution in [0.3, 0.4) is 0 Å². The molecule has 0 fully saturated rings. The van der Waals surface area contributed by atoms with Gasteiger partial charge in [0.2, 0.25) is 0 Å². The second-order valence-electron chi connectivity index (χ2n) is 5.57. The van der Waals surface area contributed by atoms with Crippen molar-refractivity contribution in [3.05, 3.63) is 47.0 Å². The van der Waals surface area contributed by atoms with Gasteiger partial charge in [-0.05, 0) is 32.9 Å². The summed E-state index contributed by atoms with van der Waals surface area (Å²) in [5.41, 5.74) is -0.437. The largest absolute Gasteiger partial charge is 0.388 e. The van der Waals surface area contributed by atoms with Crippen LogP contribution in [-0.4, -0.2) is 19.9 Å². The molecule has 6 heteroatoms. The highest BCUT2D eigenvalue weighted by Gasteiger charge is 2.24. The third-order valence-corrected chi connectivity index (χ3v) is 3.01. The summed E-state index contributed by atoms with van der Waals surface area (Å²) in [5.74, 6) is -0.423. The van der Waals surface area contributed by atoms with Gasteiger partial charge in [-0.1, -0.05) is 6.07 Å². The Morgan fingerprint density at radius 2 is 1.65 bits per heavy atom. The molecule has 0 atom stereocenters. The molecule has 1 N–H and O–H groups in total. The molecule has 1 heterocycles. The highest BCUT2D eigenvalue weighted by molar-refractivity contribution is 5.23. The van der Waals surface area contributed by atoms with Crippen molar-refractivity contribution in [3.8, 4) is 0 Å². The minimum atomic E-state index is -0.612. The highest BCUT2D eigenvalue weighted by atomic mass is 19.1. The first-order valence-electron chi connectivity index (χ1n) is 6.32. The average Bonchev–Trinajstić information content (AvgIpc) is 2.76. The van der Waals surface area contributed by atoms with Crippen LogP contribution in [0.4, 0.5) is 8.78 Å². The normalized spacial score (nSPS) is 11.9. The van der Waals surface area contributed by atoms with Gasteiger partial charge >= 0.3 is 0 Å². The maximum absolute atomic E-state index is 13.7. The highest BCUT2D eigenvalue weighted by Crippen LogP contribution is 2.22. The van der Waals surface area contributed by atoms with E-state index < -0.39 is 17.2 Å². The Hall–Kier alpha value is -1.82. The molecular formula is C14H17F2N3O. The minimum absolute atomic E-state index is 0.0111. The number of aromatic nitrogens is 3. The van der Waals surface area contributed by atoms with Crippen molar-refractivity contribution in [3.63, 3.8) is 0 Å². The summed E-state index contributed by atoms with van der Waals surface area (Å²) in [4.78, 5) is 0. The molecule has 1 aromatic carbocycles. The Morgan fingerprint density at radius 1 is 1.10 bits per heavy atom. The van der Waals surface area contributed by atoms with E-state index in [4.69, 9.17) is 0 Å². The lowest BCUT2D eigenvalue weighted by Gasteiger charge is -2.24. The van der Waals surface area contributed by atoms with Crippen LogP contribution in [0.15, 0.2) is 18.2 Å². The van der Waals surface area contributed by atoms with Gasteiger partial charge in [0.05, 0.1) is 0 Å². The van der Waals surface area contributed by atoms with E-state index in [1.165, 1.54) is 18.2 Å². The summed E-state index contributed by atoms with van der Waals surface area (Å²) in [6, 6.07) is 3.74. The van der Waals surface area contributed by atoms with Gasteiger partial charge in [0.1, 0.15) is 24.1 Å². The topological polar surface area (TPSA) is 50.9 Å². The molecule has 0 unspecified atom stereocenters. The summed E-state index contributed by atoms with van der Waals surface area (Å²) in [5, 5.41) is 17.1. The van der Waals surface area contributed by atoms with Crippen LogP contribution in [0, 0.1) is 11.6 Å². The van der Waals surface area contributed by atoms with Crippen LogP contribution < -0.4 is 0 Å². The number of benzene rings is 1. The third-order valence-electron chi connectivity index (χ3n) is 3.01. The molecule has 0 amide bonds. The van der Waals surface area contributed by atoms with E-state index in [0.717, 1.165) is 0 Å². The third kappa shape index (κ3) is 2.70. The van der Waals surface area contributed by atoms with Crippen molar-refractivity contribution in [1.29, 1.82) is 0 Å². The van der Waals surface area contributed by atoms with E-state index in [0.29, 0.717) is 11.6 Å². The minimum Gasteiger partial charge on any atom is -0.388 e. The van der Waals surface area contributed by atoms with Gasteiger partial charge in [0, 0.05) is 17.5 Å². The maximum atomic E-state index is 13.7. The predicted molar refractivity (Wildman–Crippen MR) is 70.1 cm³/mol. The van der Waals surface area contributed by atoms with Gasteiger partial charge in [-0.2, -0.15) is 0 Å². The van der Waals surface area contributed by atoms with Crippen LogP contribution in [-0.2, 0) is 18.6 Å². The Morgan fingerprint density at radius 3 is 2.15 bits per heavy atom. The number of aliphatic hydroxyl groups is 1. The van der Waals surface area contributed by atoms with E-state index in [9.17, 15) is 13.9 Å². The summed E-state index contributed by atoms with van der Waals surface area (Å²) in [6.45, 7) is 5.47. The van der Waals surface area contributed by atoms with E-state index in [1.807, 2.05) is 20.8 Å². The Labute approximate surface area is 116 Å². The molecule has 0 aliphatic carbocycles. The first kappa shape index (κ1) is 14.6. The van der Waals surface area contributed by atoms with E-state index in [1.54, 1.807) is 4.57 Å². The van der Waals surface area contributed by atoms with Crippen LogP contribution in [0.5, 0.6) is 0 Å². The molecule has 0 bridgehead atoms. The average molecular weight is 281 g/mol. The predicted octanol–water partition coefficient (Wildman–Crippen LogP) is 2.39. The fraction of sp³-hybridized carbons (Fsp3) is 0.429. The lowest BCUT2D eigenvalue weighted by Crippen LogP contribution is -2.26.